The highest BCUT2D eigenvalue weighted by Crippen LogP contribution is 2.37. The lowest BCUT2D eigenvalue weighted by molar-refractivity contribution is 0.159. The molecule has 1 N–H and O–H groups in total. The first kappa shape index (κ1) is 15.4. The molecule has 0 amide bonds. The second kappa shape index (κ2) is 6.21. The predicted molar refractivity (Wildman–Crippen MR) is 78.4 cm³/mol. The highest BCUT2D eigenvalue weighted by atomic mass is 19.1. The molecule has 0 radical (unpaired) electrons. The fourth-order valence-electron chi connectivity index (χ4n) is 3.08. The van der Waals surface area contributed by atoms with Gasteiger partial charge >= 0.3 is 0 Å². The molecule has 3 heteroatoms. The maximum Gasteiger partial charge on any atom is 0.130 e. The SMILES string of the molecule is CC(C)(C)[C@H]1CC[C@H](NCc2ccc(F)cc2F)CC1. The molecule has 0 bridgehead atoms. The molecule has 1 aliphatic carbocycles. The molecule has 112 valence electrons. The van der Waals surface area contributed by atoms with Gasteiger partial charge in [0, 0.05) is 24.2 Å². The summed E-state index contributed by atoms with van der Waals surface area (Å²) in [5, 5.41) is 3.41. The minimum Gasteiger partial charge on any atom is -0.310 e. The fraction of sp³-hybridized carbons (Fsp3) is 0.647. The van der Waals surface area contributed by atoms with Crippen molar-refractivity contribution in [3.05, 3.63) is 35.4 Å². The Labute approximate surface area is 120 Å². The van der Waals surface area contributed by atoms with Crippen LogP contribution in [0.4, 0.5) is 8.78 Å². The van der Waals surface area contributed by atoms with Crippen molar-refractivity contribution in [1.82, 2.24) is 5.32 Å². The van der Waals surface area contributed by atoms with E-state index in [9.17, 15) is 8.78 Å². The van der Waals surface area contributed by atoms with Crippen LogP contribution in [-0.2, 0) is 6.54 Å². The van der Waals surface area contributed by atoms with Crippen LogP contribution in [0.5, 0.6) is 0 Å². The first-order chi connectivity index (χ1) is 9.36. The van der Waals surface area contributed by atoms with Crippen molar-refractivity contribution in [2.75, 3.05) is 0 Å². The van der Waals surface area contributed by atoms with Gasteiger partial charge in [-0.3, -0.25) is 0 Å². The summed E-state index contributed by atoms with van der Waals surface area (Å²) >= 11 is 0. The summed E-state index contributed by atoms with van der Waals surface area (Å²) in [5.41, 5.74) is 0.929. The van der Waals surface area contributed by atoms with E-state index in [-0.39, 0.29) is 0 Å². The monoisotopic (exact) mass is 281 g/mol. The van der Waals surface area contributed by atoms with Gasteiger partial charge < -0.3 is 5.32 Å². The lowest BCUT2D eigenvalue weighted by Crippen LogP contribution is -2.36. The Bertz CT molecular complexity index is 443. The van der Waals surface area contributed by atoms with Gasteiger partial charge in [0.1, 0.15) is 11.6 Å². The fourth-order valence-corrected chi connectivity index (χ4v) is 3.08. The van der Waals surface area contributed by atoms with E-state index in [1.165, 1.54) is 25.0 Å². The second-order valence-electron chi connectivity index (χ2n) is 7.03. The highest BCUT2D eigenvalue weighted by molar-refractivity contribution is 5.18. The molecule has 0 aromatic heterocycles. The van der Waals surface area contributed by atoms with Crippen molar-refractivity contribution in [2.24, 2.45) is 11.3 Å². The number of rotatable bonds is 3. The molecule has 1 nitrogen and oxygen atoms in total. The van der Waals surface area contributed by atoms with Crippen LogP contribution < -0.4 is 5.32 Å². The molecule has 1 aliphatic rings. The Kier molecular flexibility index (Phi) is 4.79. The van der Waals surface area contributed by atoms with Crippen molar-refractivity contribution < 1.29 is 8.78 Å². The van der Waals surface area contributed by atoms with E-state index < -0.39 is 11.6 Å². The van der Waals surface area contributed by atoms with Crippen molar-refractivity contribution >= 4 is 0 Å². The number of hydrogen-bond donors (Lipinski definition) is 1. The zero-order chi connectivity index (χ0) is 14.8. The van der Waals surface area contributed by atoms with E-state index in [4.69, 9.17) is 0 Å². The molecule has 2 rings (SSSR count). The van der Waals surface area contributed by atoms with E-state index in [2.05, 4.69) is 26.1 Å². The predicted octanol–water partition coefficient (Wildman–Crippen LogP) is 4.66. The maximum atomic E-state index is 13.5. The molecule has 0 atom stereocenters. The summed E-state index contributed by atoms with van der Waals surface area (Å²) in [6.45, 7) is 7.40. The summed E-state index contributed by atoms with van der Waals surface area (Å²) in [6, 6.07) is 4.25. The second-order valence-corrected chi connectivity index (χ2v) is 7.03. The van der Waals surface area contributed by atoms with E-state index in [1.54, 1.807) is 0 Å². The van der Waals surface area contributed by atoms with Gasteiger partial charge in [-0.25, -0.2) is 8.78 Å². The van der Waals surface area contributed by atoms with Crippen LogP contribution in [0.25, 0.3) is 0 Å². The van der Waals surface area contributed by atoms with Crippen molar-refractivity contribution in [3.8, 4) is 0 Å². The van der Waals surface area contributed by atoms with Gasteiger partial charge in [-0.05, 0) is 43.1 Å². The summed E-state index contributed by atoms with van der Waals surface area (Å²) in [6.07, 6.45) is 4.75. The standard InChI is InChI=1S/C17H25F2N/c1-17(2,3)13-5-8-15(9-6-13)20-11-12-4-7-14(18)10-16(12)19/h4,7,10,13,15,20H,5-6,8-9,11H2,1-3H3/t13-,15-. The average molecular weight is 281 g/mol. The quantitative estimate of drug-likeness (QED) is 0.849. The molecule has 0 aliphatic heterocycles. The third-order valence-corrected chi connectivity index (χ3v) is 4.55. The Morgan fingerprint density at radius 3 is 2.30 bits per heavy atom. The first-order valence-electron chi connectivity index (χ1n) is 7.53. The molecule has 0 saturated heterocycles. The van der Waals surface area contributed by atoms with Gasteiger partial charge in [0.05, 0.1) is 0 Å². The average Bonchev–Trinajstić information content (AvgIpc) is 2.37. The van der Waals surface area contributed by atoms with Crippen LogP contribution in [-0.4, -0.2) is 6.04 Å². The topological polar surface area (TPSA) is 12.0 Å². The van der Waals surface area contributed by atoms with Crippen LogP contribution in [0.15, 0.2) is 18.2 Å². The third-order valence-electron chi connectivity index (χ3n) is 4.55. The van der Waals surface area contributed by atoms with Crippen LogP contribution in [0, 0.1) is 23.0 Å². The number of benzene rings is 1. The number of nitrogens with one attached hydrogen (secondary N) is 1. The Morgan fingerprint density at radius 1 is 1.10 bits per heavy atom. The minimum atomic E-state index is -0.517. The van der Waals surface area contributed by atoms with Crippen molar-refractivity contribution in [1.29, 1.82) is 0 Å². The van der Waals surface area contributed by atoms with E-state index in [1.807, 2.05) is 0 Å². The molecule has 20 heavy (non-hydrogen) atoms. The van der Waals surface area contributed by atoms with Gasteiger partial charge in [-0.15, -0.1) is 0 Å². The van der Waals surface area contributed by atoms with E-state index in [0.29, 0.717) is 23.6 Å². The highest BCUT2D eigenvalue weighted by Gasteiger charge is 2.29. The summed E-state index contributed by atoms with van der Waals surface area (Å²) < 4.78 is 26.4. The van der Waals surface area contributed by atoms with E-state index >= 15 is 0 Å². The van der Waals surface area contributed by atoms with Crippen molar-refractivity contribution in [3.63, 3.8) is 0 Å². The largest absolute Gasteiger partial charge is 0.310 e. The molecule has 0 unspecified atom stereocenters. The molecule has 1 fully saturated rings. The first-order valence-corrected chi connectivity index (χ1v) is 7.53. The Balaban J connectivity index is 1.82. The van der Waals surface area contributed by atoms with Gasteiger partial charge in [0.2, 0.25) is 0 Å². The van der Waals surface area contributed by atoms with Gasteiger partial charge in [0.15, 0.2) is 0 Å². The minimum absolute atomic E-state index is 0.383. The normalized spacial score (nSPS) is 23.9. The number of hydrogen-bond acceptors (Lipinski definition) is 1. The molecule has 1 aromatic rings. The molecule has 0 spiro atoms. The summed E-state index contributed by atoms with van der Waals surface area (Å²) in [5.74, 6) is -0.194. The molecular formula is C17H25F2N. The smallest absolute Gasteiger partial charge is 0.130 e. The van der Waals surface area contributed by atoms with Crippen molar-refractivity contribution in [2.45, 2.75) is 59.0 Å². The van der Waals surface area contributed by atoms with Crippen LogP contribution >= 0.6 is 0 Å². The molecule has 1 saturated carbocycles. The summed E-state index contributed by atoms with van der Waals surface area (Å²) in [4.78, 5) is 0. The molecule has 0 heterocycles. The third kappa shape index (κ3) is 4.02. The van der Waals surface area contributed by atoms with Gasteiger partial charge in [0.25, 0.3) is 0 Å². The van der Waals surface area contributed by atoms with Crippen LogP contribution in [0.1, 0.15) is 52.0 Å². The lowest BCUT2D eigenvalue weighted by Gasteiger charge is -2.37. The van der Waals surface area contributed by atoms with Crippen LogP contribution in [0.3, 0.4) is 0 Å². The van der Waals surface area contributed by atoms with Gasteiger partial charge in [-0.1, -0.05) is 26.8 Å². The Morgan fingerprint density at radius 2 is 1.75 bits per heavy atom. The summed E-state index contributed by atoms with van der Waals surface area (Å²) in [7, 11) is 0. The lowest BCUT2D eigenvalue weighted by atomic mass is 9.71. The molecule has 1 aromatic carbocycles. The van der Waals surface area contributed by atoms with E-state index in [0.717, 1.165) is 24.8 Å². The zero-order valence-corrected chi connectivity index (χ0v) is 12.7. The Hall–Kier alpha value is -0.960. The zero-order valence-electron chi connectivity index (χ0n) is 12.7. The van der Waals surface area contributed by atoms with Crippen LogP contribution in [0.2, 0.25) is 0 Å². The maximum absolute atomic E-state index is 13.5. The molecular weight excluding hydrogens is 256 g/mol. The van der Waals surface area contributed by atoms with Gasteiger partial charge in [-0.2, -0.15) is 0 Å². The number of halogens is 2.